The van der Waals surface area contributed by atoms with Crippen molar-refractivity contribution in [3.05, 3.63) is 29.3 Å². The molecule has 1 N–H and O–H groups in total. The molecule has 0 aliphatic rings. The summed E-state index contributed by atoms with van der Waals surface area (Å²) in [5.74, 6) is 0.447. The highest BCUT2D eigenvalue weighted by atomic mass is 32.2. The van der Waals surface area contributed by atoms with E-state index >= 15 is 0 Å². The Kier molecular flexibility index (Phi) is 6.28. The van der Waals surface area contributed by atoms with E-state index in [1.54, 1.807) is 19.1 Å². The highest BCUT2D eigenvalue weighted by molar-refractivity contribution is 7.84. The van der Waals surface area contributed by atoms with Crippen molar-refractivity contribution < 1.29 is 17.7 Å². The smallest absolute Gasteiger partial charge is 0.272 e. The van der Waals surface area contributed by atoms with Crippen LogP contribution in [-0.4, -0.2) is 22.0 Å². The lowest BCUT2D eigenvalue weighted by molar-refractivity contribution is 0.0815. The first-order valence-corrected chi connectivity index (χ1v) is 7.95. The molecule has 1 aromatic carbocycles. The molecule has 0 saturated heterocycles. The van der Waals surface area contributed by atoms with Crippen molar-refractivity contribution >= 4 is 11.0 Å². The molecule has 0 aromatic heterocycles. The molecule has 0 spiro atoms. The summed E-state index contributed by atoms with van der Waals surface area (Å²) in [7, 11) is -1.17. The maximum atomic E-state index is 12.1. The Labute approximate surface area is 127 Å². The molecule has 0 heterocycles. The number of alkyl halides is 2. The Morgan fingerprint density at radius 1 is 1.33 bits per heavy atom. The van der Waals surface area contributed by atoms with Crippen LogP contribution in [0.5, 0.6) is 5.75 Å². The first-order valence-electron chi connectivity index (χ1n) is 6.81. The second kappa shape index (κ2) is 7.31. The van der Waals surface area contributed by atoms with Gasteiger partial charge in [0.05, 0.1) is 15.7 Å². The lowest BCUT2D eigenvalue weighted by Gasteiger charge is -2.22. The van der Waals surface area contributed by atoms with E-state index in [0.29, 0.717) is 5.75 Å². The van der Waals surface area contributed by atoms with Crippen molar-refractivity contribution in [2.24, 2.45) is 0 Å². The van der Waals surface area contributed by atoms with E-state index in [0.717, 1.165) is 11.1 Å². The van der Waals surface area contributed by atoms with Gasteiger partial charge in [-0.15, -0.1) is 0 Å². The first kappa shape index (κ1) is 18.0. The minimum absolute atomic E-state index is 0.104. The Hall–Kier alpha value is -1.01. The summed E-state index contributed by atoms with van der Waals surface area (Å²) in [4.78, 5) is 0. The number of nitrogens with one attached hydrogen (secondary N) is 1. The molecule has 21 heavy (non-hydrogen) atoms. The van der Waals surface area contributed by atoms with Gasteiger partial charge in [-0.05, 0) is 51.8 Å². The Balaban J connectivity index is 2.76. The van der Waals surface area contributed by atoms with Gasteiger partial charge in [-0.1, -0.05) is 12.1 Å². The normalized spacial score (nSPS) is 15.0. The summed E-state index contributed by atoms with van der Waals surface area (Å²) < 4.78 is 44.1. The number of benzene rings is 1. The van der Waals surface area contributed by atoms with Crippen molar-refractivity contribution in [1.82, 2.24) is 4.72 Å². The summed E-state index contributed by atoms with van der Waals surface area (Å²) >= 11 is 0. The van der Waals surface area contributed by atoms with Crippen LogP contribution in [0.4, 0.5) is 8.78 Å². The second-order valence-corrected chi connectivity index (χ2v) is 7.95. The van der Waals surface area contributed by atoms with Crippen LogP contribution in [0.25, 0.3) is 0 Å². The highest BCUT2D eigenvalue weighted by Gasteiger charge is 2.21. The van der Waals surface area contributed by atoms with Crippen LogP contribution in [0, 0.1) is 6.92 Å². The predicted molar refractivity (Wildman–Crippen MR) is 82.1 cm³/mol. The number of hydrogen-bond acceptors (Lipinski definition) is 2. The van der Waals surface area contributed by atoms with E-state index < -0.39 is 24.0 Å². The number of aryl methyl sites for hydroxylation is 1. The van der Waals surface area contributed by atoms with Crippen LogP contribution >= 0.6 is 0 Å². The van der Waals surface area contributed by atoms with Gasteiger partial charge in [-0.3, -0.25) is 0 Å². The molecular weight excluding hydrogens is 296 g/mol. The monoisotopic (exact) mass is 319 g/mol. The first-order chi connectivity index (χ1) is 9.61. The summed E-state index contributed by atoms with van der Waals surface area (Å²) in [5.41, 5.74) is 1.72. The van der Waals surface area contributed by atoms with Crippen LogP contribution in [0.15, 0.2) is 18.2 Å². The fraction of sp³-hybridized carbons (Fsp3) is 0.600. The summed E-state index contributed by atoms with van der Waals surface area (Å²) in [5, 5.41) is 0. The van der Waals surface area contributed by atoms with Crippen molar-refractivity contribution in [2.45, 2.75) is 51.8 Å². The van der Waals surface area contributed by atoms with Crippen LogP contribution in [0.1, 0.15) is 44.9 Å². The minimum atomic E-state index is -2.49. The summed E-state index contributed by atoms with van der Waals surface area (Å²) in [6.45, 7) is 8.80. The molecule has 0 radical (unpaired) electrons. The fourth-order valence-electron chi connectivity index (χ4n) is 1.66. The maximum absolute atomic E-state index is 12.1. The zero-order valence-electron chi connectivity index (χ0n) is 13.1. The van der Waals surface area contributed by atoms with Crippen LogP contribution in [0.2, 0.25) is 0 Å². The molecular formula is C15H23F2NO2S. The quantitative estimate of drug-likeness (QED) is 0.867. The SMILES string of the molecule is Cc1cc(C(C)N[S@](=O)C(C)(C)C)ccc1OCC(F)F. The number of rotatable bonds is 6. The molecule has 1 unspecified atom stereocenters. The van der Waals surface area contributed by atoms with Gasteiger partial charge in [0.25, 0.3) is 6.43 Å². The number of ether oxygens (including phenoxy) is 1. The molecule has 6 heteroatoms. The number of halogens is 2. The average molecular weight is 319 g/mol. The topological polar surface area (TPSA) is 38.3 Å². The van der Waals surface area contributed by atoms with Crippen LogP contribution < -0.4 is 9.46 Å². The molecule has 0 amide bonds. The van der Waals surface area contributed by atoms with Crippen molar-refractivity contribution in [3.8, 4) is 5.75 Å². The molecule has 0 aliphatic carbocycles. The molecule has 0 fully saturated rings. The average Bonchev–Trinajstić information content (AvgIpc) is 2.35. The van der Waals surface area contributed by atoms with E-state index in [4.69, 9.17) is 4.74 Å². The maximum Gasteiger partial charge on any atom is 0.272 e. The molecule has 3 nitrogen and oxygen atoms in total. The van der Waals surface area contributed by atoms with Gasteiger partial charge in [-0.25, -0.2) is 17.7 Å². The summed E-state index contributed by atoms with van der Waals surface area (Å²) in [6, 6.07) is 5.22. The molecule has 1 aromatic rings. The van der Waals surface area contributed by atoms with Gasteiger partial charge in [-0.2, -0.15) is 0 Å². The fourth-order valence-corrected chi connectivity index (χ4v) is 2.47. The Morgan fingerprint density at radius 2 is 1.95 bits per heavy atom. The molecule has 0 saturated carbocycles. The van der Waals surface area contributed by atoms with Gasteiger partial charge in [0.15, 0.2) is 0 Å². The highest BCUT2D eigenvalue weighted by Crippen LogP contribution is 2.24. The third-order valence-corrected chi connectivity index (χ3v) is 4.58. The number of hydrogen-bond donors (Lipinski definition) is 1. The van der Waals surface area contributed by atoms with Gasteiger partial charge < -0.3 is 4.74 Å². The van der Waals surface area contributed by atoms with Crippen molar-refractivity contribution in [3.63, 3.8) is 0 Å². The molecule has 0 bridgehead atoms. The van der Waals surface area contributed by atoms with E-state index in [-0.39, 0.29) is 10.8 Å². The van der Waals surface area contributed by atoms with Crippen molar-refractivity contribution in [2.75, 3.05) is 6.61 Å². The largest absolute Gasteiger partial charge is 0.487 e. The lowest BCUT2D eigenvalue weighted by atomic mass is 10.1. The van der Waals surface area contributed by atoms with E-state index in [1.165, 1.54) is 0 Å². The standard InChI is InChI=1S/C15H23F2NO2S/c1-10-8-12(6-7-13(10)20-9-14(16)17)11(2)18-21(19)15(3,4)5/h6-8,11,14,18H,9H2,1-5H3/t11?,21-/m1/s1. The third kappa shape index (κ3) is 5.71. The zero-order chi connectivity index (χ0) is 16.2. The minimum Gasteiger partial charge on any atom is -0.487 e. The predicted octanol–water partition coefficient (Wildman–Crippen LogP) is 3.75. The second-order valence-electron chi connectivity index (χ2n) is 5.95. The van der Waals surface area contributed by atoms with Crippen LogP contribution in [-0.2, 0) is 11.0 Å². The molecule has 0 aliphatic heterocycles. The third-order valence-electron chi connectivity index (χ3n) is 2.90. The van der Waals surface area contributed by atoms with Gasteiger partial charge in [0, 0.05) is 6.04 Å². The molecule has 2 atom stereocenters. The van der Waals surface area contributed by atoms with Gasteiger partial charge in [0.1, 0.15) is 12.4 Å². The van der Waals surface area contributed by atoms with Gasteiger partial charge in [0.2, 0.25) is 0 Å². The lowest BCUT2D eigenvalue weighted by Crippen LogP contribution is -2.34. The van der Waals surface area contributed by atoms with E-state index in [1.807, 2.05) is 33.8 Å². The van der Waals surface area contributed by atoms with Gasteiger partial charge >= 0.3 is 0 Å². The Morgan fingerprint density at radius 3 is 2.43 bits per heavy atom. The van der Waals surface area contributed by atoms with Crippen molar-refractivity contribution in [1.29, 1.82) is 0 Å². The van der Waals surface area contributed by atoms with Crippen LogP contribution in [0.3, 0.4) is 0 Å². The molecule has 120 valence electrons. The molecule has 1 rings (SSSR count). The van der Waals surface area contributed by atoms with E-state index in [9.17, 15) is 13.0 Å². The summed E-state index contributed by atoms with van der Waals surface area (Å²) in [6.07, 6.45) is -2.49. The zero-order valence-corrected chi connectivity index (χ0v) is 13.9. The van der Waals surface area contributed by atoms with E-state index in [2.05, 4.69) is 4.72 Å². The Bertz CT molecular complexity index is 501.